The molecule has 104 valence electrons. The molecule has 0 bridgehead atoms. The minimum Gasteiger partial charge on any atom is -0.368 e. The molecule has 1 rings (SSSR count). The Morgan fingerprint density at radius 2 is 1.74 bits per heavy atom. The third kappa shape index (κ3) is 5.52. The van der Waals surface area contributed by atoms with Crippen molar-refractivity contribution in [3.63, 3.8) is 0 Å². The van der Waals surface area contributed by atoms with Crippen LogP contribution in [0, 0.1) is 0 Å². The van der Waals surface area contributed by atoms with Gasteiger partial charge in [-0.25, -0.2) is 4.79 Å². The highest BCUT2D eigenvalue weighted by Gasteiger charge is 2.09. The van der Waals surface area contributed by atoms with E-state index in [1.165, 1.54) is 6.92 Å². The van der Waals surface area contributed by atoms with Gasteiger partial charge in [0, 0.05) is 25.7 Å². The summed E-state index contributed by atoms with van der Waals surface area (Å²) in [6.45, 7) is 6.65. The third-order valence-electron chi connectivity index (χ3n) is 2.56. The van der Waals surface area contributed by atoms with Gasteiger partial charge in [0.25, 0.3) is 0 Å². The van der Waals surface area contributed by atoms with Gasteiger partial charge in [-0.1, -0.05) is 12.1 Å². The van der Waals surface area contributed by atoms with E-state index in [2.05, 4.69) is 5.32 Å². The predicted octanol–water partition coefficient (Wildman–Crippen LogP) is 1.99. The number of amides is 1. The summed E-state index contributed by atoms with van der Waals surface area (Å²) in [4.78, 5) is 27.7. The lowest BCUT2D eigenvalue weighted by Crippen LogP contribution is -2.27. The van der Waals surface area contributed by atoms with Crippen molar-refractivity contribution < 1.29 is 14.4 Å². The molecule has 0 aliphatic carbocycles. The minimum atomic E-state index is -0.282. The second kappa shape index (κ2) is 7.53. The molecule has 0 radical (unpaired) electrons. The fraction of sp³-hybridized carbons (Fsp3) is 0.429. The molecule has 0 aromatic heterocycles. The average molecular weight is 264 g/mol. The quantitative estimate of drug-likeness (QED) is 0.798. The number of benzene rings is 1. The van der Waals surface area contributed by atoms with E-state index in [1.807, 2.05) is 13.8 Å². The highest BCUT2D eigenvalue weighted by Crippen LogP contribution is 2.10. The Morgan fingerprint density at radius 3 is 2.21 bits per heavy atom. The summed E-state index contributed by atoms with van der Waals surface area (Å²) in [6.07, 6.45) is 0.219. The number of rotatable bonds is 6. The van der Waals surface area contributed by atoms with Gasteiger partial charge in [0.15, 0.2) is 0 Å². The van der Waals surface area contributed by atoms with Gasteiger partial charge in [0.2, 0.25) is 5.91 Å². The second-order valence-electron chi connectivity index (χ2n) is 4.13. The molecule has 5 heteroatoms. The molecule has 0 aliphatic rings. The van der Waals surface area contributed by atoms with Crippen molar-refractivity contribution in [2.24, 2.45) is 0 Å². The van der Waals surface area contributed by atoms with Crippen LogP contribution in [0.5, 0.6) is 0 Å². The summed E-state index contributed by atoms with van der Waals surface area (Å²) < 4.78 is 0. The van der Waals surface area contributed by atoms with Crippen LogP contribution in [0.25, 0.3) is 0 Å². The highest BCUT2D eigenvalue weighted by molar-refractivity contribution is 5.88. The van der Waals surface area contributed by atoms with Crippen LogP contribution in [0.1, 0.15) is 26.3 Å². The number of hydrogen-bond donors (Lipinski definition) is 1. The maximum absolute atomic E-state index is 11.7. The largest absolute Gasteiger partial charge is 0.368 e. The predicted molar refractivity (Wildman–Crippen MR) is 73.5 cm³/mol. The van der Waals surface area contributed by atoms with Gasteiger partial charge >= 0.3 is 5.97 Å². The molecule has 19 heavy (non-hydrogen) atoms. The van der Waals surface area contributed by atoms with Crippen molar-refractivity contribution in [1.82, 2.24) is 5.06 Å². The van der Waals surface area contributed by atoms with E-state index < -0.39 is 0 Å². The van der Waals surface area contributed by atoms with Crippen molar-refractivity contribution in [1.29, 1.82) is 0 Å². The fourth-order valence-corrected chi connectivity index (χ4v) is 1.60. The summed E-state index contributed by atoms with van der Waals surface area (Å²) in [6, 6.07) is 7.13. The van der Waals surface area contributed by atoms with E-state index in [9.17, 15) is 9.59 Å². The summed E-state index contributed by atoms with van der Waals surface area (Å²) in [7, 11) is 0. The van der Waals surface area contributed by atoms with E-state index in [1.54, 1.807) is 29.3 Å². The Labute approximate surface area is 113 Å². The van der Waals surface area contributed by atoms with Crippen molar-refractivity contribution in [3.05, 3.63) is 29.8 Å². The number of hydroxylamine groups is 2. The zero-order chi connectivity index (χ0) is 14.3. The van der Waals surface area contributed by atoms with Crippen LogP contribution >= 0.6 is 0 Å². The zero-order valence-corrected chi connectivity index (χ0v) is 11.6. The van der Waals surface area contributed by atoms with E-state index in [-0.39, 0.29) is 18.3 Å². The first-order valence-corrected chi connectivity index (χ1v) is 6.37. The monoisotopic (exact) mass is 264 g/mol. The van der Waals surface area contributed by atoms with Crippen LogP contribution in [0.2, 0.25) is 0 Å². The number of carbonyl (C=O) groups excluding carboxylic acids is 2. The molecule has 0 saturated carbocycles. The topological polar surface area (TPSA) is 58.6 Å². The van der Waals surface area contributed by atoms with E-state index >= 15 is 0 Å². The van der Waals surface area contributed by atoms with Crippen LogP contribution in [-0.2, 0) is 20.8 Å². The summed E-state index contributed by atoms with van der Waals surface area (Å²) >= 11 is 0. The van der Waals surface area contributed by atoms with Crippen molar-refractivity contribution >= 4 is 17.6 Å². The second-order valence-corrected chi connectivity index (χ2v) is 4.13. The van der Waals surface area contributed by atoms with Gasteiger partial charge < -0.3 is 10.2 Å². The molecule has 0 saturated heterocycles. The lowest BCUT2D eigenvalue weighted by Gasteiger charge is -2.17. The van der Waals surface area contributed by atoms with Gasteiger partial charge in [-0.3, -0.25) is 4.79 Å². The molecule has 0 atom stereocenters. The molecule has 0 spiro atoms. The maximum atomic E-state index is 11.7. The Hall–Kier alpha value is -1.88. The van der Waals surface area contributed by atoms with Crippen LogP contribution in [0.3, 0.4) is 0 Å². The number of nitrogens with one attached hydrogen (secondary N) is 1. The Kier molecular flexibility index (Phi) is 6.02. The molecule has 0 aliphatic heterocycles. The van der Waals surface area contributed by atoms with Crippen LogP contribution < -0.4 is 5.32 Å². The fourth-order valence-electron chi connectivity index (χ4n) is 1.60. The molecule has 1 N–H and O–H groups in total. The smallest absolute Gasteiger partial charge is 0.329 e. The zero-order valence-electron chi connectivity index (χ0n) is 11.6. The lowest BCUT2D eigenvalue weighted by molar-refractivity contribution is -0.187. The first-order valence-electron chi connectivity index (χ1n) is 6.37. The lowest BCUT2D eigenvalue weighted by atomic mass is 10.1. The van der Waals surface area contributed by atoms with Gasteiger partial charge in [0.05, 0.1) is 6.42 Å². The molecule has 0 heterocycles. The van der Waals surface area contributed by atoms with Crippen LogP contribution in [-0.4, -0.2) is 30.0 Å². The van der Waals surface area contributed by atoms with Crippen LogP contribution in [0.4, 0.5) is 5.69 Å². The van der Waals surface area contributed by atoms with Gasteiger partial charge in [-0.2, -0.15) is 0 Å². The SMILES string of the molecule is CCN(CC)OC(=O)Cc1ccc(NC(C)=O)cc1. The molecular weight excluding hydrogens is 244 g/mol. The summed E-state index contributed by atoms with van der Waals surface area (Å²) in [5.74, 6) is -0.398. The molecule has 0 unspecified atom stereocenters. The summed E-state index contributed by atoms with van der Waals surface area (Å²) in [5.41, 5.74) is 1.57. The highest BCUT2D eigenvalue weighted by atomic mass is 16.7. The third-order valence-corrected chi connectivity index (χ3v) is 2.56. The Bertz CT molecular complexity index is 425. The normalized spacial score (nSPS) is 10.3. The molecule has 1 aromatic rings. The molecule has 1 amide bonds. The van der Waals surface area contributed by atoms with Gasteiger partial charge in [-0.15, -0.1) is 5.06 Å². The number of nitrogens with zero attached hydrogens (tertiary/aromatic N) is 1. The molecule has 1 aromatic carbocycles. The van der Waals surface area contributed by atoms with Crippen molar-refractivity contribution in [3.8, 4) is 0 Å². The van der Waals surface area contributed by atoms with Gasteiger partial charge in [0.1, 0.15) is 0 Å². The number of anilines is 1. The molecular formula is C14H20N2O3. The van der Waals surface area contributed by atoms with Crippen LogP contribution in [0.15, 0.2) is 24.3 Å². The average Bonchev–Trinajstić information content (AvgIpc) is 2.37. The van der Waals surface area contributed by atoms with E-state index in [0.29, 0.717) is 18.8 Å². The van der Waals surface area contributed by atoms with E-state index in [4.69, 9.17) is 4.84 Å². The first-order chi connectivity index (χ1) is 9.05. The van der Waals surface area contributed by atoms with Crippen molar-refractivity contribution in [2.45, 2.75) is 27.2 Å². The van der Waals surface area contributed by atoms with Crippen molar-refractivity contribution in [2.75, 3.05) is 18.4 Å². The maximum Gasteiger partial charge on any atom is 0.329 e. The van der Waals surface area contributed by atoms with E-state index in [0.717, 1.165) is 5.56 Å². The Balaban J connectivity index is 2.53. The Morgan fingerprint density at radius 1 is 1.16 bits per heavy atom. The summed E-state index contributed by atoms with van der Waals surface area (Å²) in [5, 5.41) is 4.28. The molecule has 0 fully saturated rings. The van der Waals surface area contributed by atoms with Gasteiger partial charge in [-0.05, 0) is 31.5 Å². The molecule has 5 nitrogen and oxygen atoms in total. The first kappa shape index (κ1) is 15.2. The minimum absolute atomic E-state index is 0.117. The number of hydrogen-bond acceptors (Lipinski definition) is 4. The number of carbonyl (C=O) groups is 2. The standard InChI is InChI=1S/C14H20N2O3/c1-4-16(5-2)19-14(18)10-12-6-8-13(9-7-12)15-11(3)17/h6-9H,4-5,10H2,1-3H3,(H,15,17).